The summed E-state index contributed by atoms with van der Waals surface area (Å²) in [7, 11) is 0. The van der Waals surface area contributed by atoms with Gasteiger partial charge < -0.3 is 5.73 Å². The van der Waals surface area contributed by atoms with Crippen LogP contribution in [-0.4, -0.2) is 0 Å². The van der Waals surface area contributed by atoms with E-state index in [1.165, 1.54) is 0 Å². The van der Waals surface area contributed by atoms with Crippen molar-refractivity contribution in [3.8, 4) is 0 Å². The third kappa shape index (κ3) is 3.33. The molecule has 0 fully saturated rings. The van der Waals surface area contributed by atoms with E-state index in [2.05, 4.69) is 42.5 Å². The molecular formula is C21H19N. The number of nitrogens with two attached hydrogens (primary N) is 1. The van der Waals surface area contributed by atoms with Crippen LogP contribution in [0.2, 0.25) is 0 Å². The standard InChI is InChI=1S/C21H19N/c22-21(19-14-8-3-9-15-19)20(18-12-6-2-7-13-18)16-17-10-4-1-5-11-17/h1-16,21H,22H2. The highest BCUT2D eigenvalue weighted by atomic mass is 14.6. The van der Waals surface area contributed by atoms with Crippen molar-refractivity contribution in [2.45, 2.75) is 6.04 Å². The largest absolute Gasteiger partial charge is 0.320 e. The SMILES string of the molecule is NC(C(=Cc1ccccc1)c1ccccc1)c1ccccc1. The van der Waals surface area contributed by atoms with Gasteiger partial charge >= 0.3 is 0 Å². The fraction of sp³-hybridized carbons (Fsp3) is 0.0476. The van der Waals surface area contributed by atoms with E-state index in [-0.39, 0.29) is 6.04 Å². The first-order valence-corrected chi connectivity index (χ1v) is 7.47. The fourth-order valence-corrected chi connectivity index (χ4v) is 2.55. The summed E-state index contributed by atoms with van der Waals surface area (Å²) in [5, 5.41) is 0. The first-order valence-electron chi connectivity index (χ1n) is 7.47. The van der Waals surface area contributed by atoms with Crippen LogP contribution >= 0.6 is 0 Å². The van der Waals surface area contributed by atoms with E-state index in [9.17, 15) is 0 Å². The highest BCUT2D eigenvalue weighted by molar-refractivity contribution is 5.84. The van der Waals surface area contributed by atoms with E-state index in [0.717, 1.165) is 22.3 Å². The molecule has 1 atom stereocenters. The number of hydrogen-bond donors (Lipinski definition) is 1. The maximum atomic E-state index is 6.55. The molecule has 0 aliphatic heterocycles. The molecule has 0 radical (unpaired) electrons. The van der Waals surface area contributed by atoms with Gasteiger partial charge in [-0.05, 0) is 28.3 Å². The molecule has 1 unspecified atom stereocenters. The van der Waals surface area contributed by atoms with Gasteiger partial charge in [0.25, 0.3) is 0 Å². The molecule has 0 spiro atoms. The Morgan fingerprint density at radius 3 is 1.77 bits per heavy atom. The smallest absolute Gasteiger partial charge is 0.0557 e. The molecule has 0 aromatic heterocycles. The zero-order valence-electron chi connectivity index (χ0n) is 12.4. The maximum Gasteiger partial charge on any atom is 0.0557 e. The Bertz CT molecular complexity index is 731. The van der Waals surface area contributed by atoms with Gasteiger partial charge in [0, 0.05) is 0 Å². The lowest BCUT2D eigenvalue weighted by Gasteiger charge is -2.17. The molecule has 3 aromatic rings. The second kappa shape index (κ2) is 6.88. The summed E-state index contributed by atoms with van der Waals surface area (Å²) in [6.45, 7) is 0. The van der Waals surface area contributed by atoms with Gasteiger partial charge in [-0.1, -0.05) is 91.0 Å². The Kier molecular flexibility index (Phi) is 4.47. The Morgan fingerprint density at radius 2 is 1.18 bits per heavy atom. The molecular weight excluding hydrogens is 266 g/mol. The summed E-state index contributed by atoms with van der Waals surface area (Å²) < 4.78 is 0. The van der Waals surface area contributed by atoms with Gasteiger partial charge in [0.15, 0.2) is 0 Å². The lowest BCUT2D eigenvalue weighted by molar-refractivity contribution is 0.936. The lowest BCUT2D eigenvalue weighted by atomic mass is 9.92. The van der Waals surface area contributed by atoms with Crippen molar-refractivity contribution in [1.82, 2.24) is 0 Å². The Morgan fingerprint density at radius 1 is 0.682 bits per heavy atom. The van der Waals surface area contributed by atoms with E-state index in [4.69, 9.17) is 5.73 Å². The summed E-state index contributed by atoms with van der Waals surface area (Å²) in [4.78, 5) is 0. The quantitative estimate of drug-likeness (QED) is 0.676. The fourth-order valence-electron chi connectivity index (χ4n) is 2.55. The summed E-state index contributed by atoms with van der Waals surface area (Å²) >= 11 is 0. The monoisotopic (exact) mass is 285 g/mol. The highest BCUT2D eigenvalue weighted by Crippen LogP contribution is 2.29. The van der Waals surface area contributed by atoms with Crippen LogP contribution in [0.1, 0.15) is 22.7 Å². The van der Waals surface area contributed by atoms with Crippen LogP contribution in [0, 0.1) is 0 Å². The molecule has 0 bridgehead atoms. The van der Waals surface area contributed by atoms with Crippen LogP contribution in [-0.2, 0) is 0 Å². The van der Waals surface area contributed by atoms with Crippen molar-refractivity contribution < 1.29 is 0 Å². The Balaban J connectivity index is 2.06. The summed E-state index contributed by atoms with van der Waals surface area (Å²) in [6, 6.07) is 30.7. The Hall–Kier alpha value is -2.64. The van der Waals surface area contributed by atoms with E-state index in [1.807, 2.05) is 54.6 Å². The zero-order chi connectivity index (χ0) is 15.2. The van der Waals surface area contributed by atoms with Gasteiger partial charge in [-0.2, -0.15) is 0 Å². The van der Waals surface area contributed by atoms with E-state index in [0.29, 0.717) is 0 Å². The van der Waals surface area contributed by atoms with Crippen LogP contribution in [0.3, 0.4) is 0 Å². The molecule has 1 nitrogen and oxygen atoms in total. The van der Waals surface area contributed by atoms with Gasteiger partial charge in [-0.3, -0.25) is 0 Å². The van der Waals surface area contributed by atoms with Crippen molar-refractivity contribution >= 4 is 11.6 Å². The average Bonchev–Trinajstić information content (AvgIpc) is 2.61. The lowest BCUT2D eigenvalue weighted by Crippen LogP contribution is -2.12. The van der Waals surface area contributed by atoms with Crippen molar-refractivity contribution in [2.24, 2.45) is 5.73 Å². The second-order valence-electron chi connectivity index (χ2n) is 5.26. The molecule has 0 saturated heterocycles. The highest BCUT2D eigenvalue weighted by Gasteiger charge is 2.13. The van der Waals surface area contributed by atoms with E-state index in [1.54, 1.807) is 0 Å². The first kappa shape index (κ1) is 14.3. The maximum absolute atomic E-state index is 6.55. The normalized spacial score (nSPS) is 12.9. The molecule has 0 amide bonds. The third-order valence-corrected chi connectivity index (χ3v) is 3.72. The van der Waals surface area contributed by atoms with E-state index < -0.39 is 0 Å². The average molecular weight is 285 g/mol. The van der Waals surface area contributed by atoms with Gasteiger partial charge in [-0.25, -0.2) is 0 Å². The first-order chi connectivity index (χ1) is 10.8. The summed E-state index contributed by atoms with van der Waals surface area (Å²) in [5.41, 5.74) is 11.1. The van der Waals surface area contributed by atoms with Crippen LogP contribution in [0.4, 0.5) is 0 Å². The molecule has 3 aromatic carbocycles. The molecule has 1 heteroatoms. The molecule has 22 heavy (non-hydrogen) atoms. The van der Waals surface area contributed by atoms with Crippen LogP contribution in [0.15, 0.2) is 91.0 Å². The molecule has 0 saturated carbocycles. The van der Waals surface area contributed by atoms with Crippen molar-refractivity contribution in [3.63, 3.8) is 0 Å². The van der Waals surface area contributed by atoms with E-state index >= 15 is 0 Å². The summed E-state index contributed by atoms with van der Waals surface area (Å²) in [5.74, 6) is 0. The minimum Gasteiger partial charge on any atom is -0.320 e. The molecule has 0 heterocycles. The second-order valence-corrected chi connectivity index (χ2v) is 5.26. The number of benzene rings is 3. The van der Waals surface area contributed by atoms with Gasteiger partial charge in [0.2, 0.25) is 0 Å². The molecule has 2 N–H and O–H groups in total. The predicted octanol–water partition coefficient (Wildman–Crippen LogP) is 4.93. The van der Waals surface area contributed by atoms with Crippen LogP contribution in [0.25, 0.3) is 11.6 Å². The van der Waals surface area contributed by atoms with Crippen LogP contribution < -0.4 is 5.73 Å². The minimum absolute atomic E-state index is 0.149. The third-order valence-electron chi connectivity index (χ3n) is 3.72. The Labute approximate surface area is 131 Å². The summed E-state index contributed by atoms with van der Waals surface area (Å²) in [6.07, 6.45) is 2.17. The number of hydrogen-bond acceptors (Lipinski definition) is 1. The van der Waals surface area contributed by atoms with Crippen LogP contribution in [0.5, 0.6) is 0 Å². The molecule has 0 aliphatic rings. The molecule has 3 rings (SSSR count). The minimum atomic E-state index is -0.149. The molecule has 108 valence electrons. The zero-order valence-corrected chi connectivity index (χ0v) is 12.4. The van der Waals surface area contributed by atoms with Gasteiger partial charge in [0.05, 0.1) is 6.04 Å². The van der Waals surface area contributed by atoms with Gasteiger partial charge in [0.1, 0.15) is 0 Å². The molecule has 0 aliphatic carbocycles. The van der Waals surface area contributed by atoms with Crippen molar-refractivity contribution in [1.29, 1.82) is 0 Å². The topological polar surface area (TPSA) is 26.0 Å². The van der Waals surface area contributed by atoms with Crippen molar-refractivity contribution in [3.05, 3.63) is 108 Å². The number of rotatable bonds is 4. The van der Waals surface area contributed by atoms with Crippen molar-refractivity contribution in [2.75, 3.05) is 0 Å². The predicted molar refractivity (Wildman–Crippen MR) is 94.1 cm³/mol. The van der Waals surface area contributed by atoms with Gasteiger partial charge in [-0.15, -0.1) is 0 Å².